The van der Waals surface area contributed by atoms with Crippen molar-refractivity contribution in [3.63, 3.8) is 0 Å². The van der Waals surface area contributed by atoms with E-state index in [0.29, 0.717) is 17.6 Å². The second-order valence-corrected chi connectivity index (χ2v) is 5.50. The van der Waals surface area contributed by atoms with Crippen LogP contribution in [0, 0.1) is 5.82 Å². The van der Waals surface area contributed by atoms with Gasteiger partial charge < -0.3 is 4.74 Å². The van der Waals surface area contributed by atoms with Crippen LogP contribution in [-0.4, -0.2) is 43.0 Å². The van der Waals surface area contributed by atoms with Crippen LogP contribution < -0.4 is 0 Å². The summed E-state index contributed by atoms with van der Waals surface area (Å²) in [6.45, 7) is 5.12. The third kappa shape index (κ3) is 3.84. The predicted molar refractivity (Wildman–Crippen MR) is 74.7 cm³/mol. The van der Waals surface area contributed by atoms with Crippen LogP contribution in [0.5, 0.6) is 0 Å². The number of ether oxygens (including phenoxy) is 1. The molecule has 0 bridgehead atoms. The normalized spacial score (nSPS) is 20.5. The van der Waals surface area contributed by atoms with Gasteiger partial charge in [-0.3, -0.25) is 9.69 Å². The van der Waals surface area contributed by atoms with Crippen LogP contribution in [0.15, 0.2) is 22.7 Å². The first kappa shape index (κ1) is 14.6. The Bertz CT molecular complexity index is 467. The second-order valence-electron chi connectivity index (χ2n) is 4.64. The van der Waals surface area contributed by atoms with E-state index >= 15 is 0 Å². The maximum atomic E-state index is 13.1. The molecule has 0 aromatic heterocycles. The van der Waals surface area contributed by atoms with Crippen LogP contribution in [0.25, 0.3) is 0 Å². The first-order valence-electron chi connectivity index (χ1n) is 6.40. The molecule has 0 aliphatic carbocycles. The van der Waals surface area contributed by atoms with Crippen LogP contribution in [0.2, 0.25) is 0 Å². The van der Waals surface area contributed by atoms with Crippen molar-refractivity contribution < 1.29 is 13.9 Å². The van der Waals surface area contributed by atoms with Crippen molar-refractivity contribution in [2.75, 3.05) is 26.2 Å². The number of hydrogen-bond acceptors (Lipinski definition) is 3. The zero-order chi connectivity index (χ0) is 13.8. The highest BCUT2D eigenvalue weighted by molar-refractivity contribution is 9.10. The summed E-state index contributed by atoms with van der Waals surface area (Å²) in [5, 5.41) is 0. The largest absolute Gasteiger partial charge is 0.368 e. The van der Waals surface area contributed by atoms with Gasteiger partial charge in [0.15, 0.2) is 5.78 Å². The second kappa shape index (κ2) is 6.59. The fourth-order valence-electron chi connectivity index (χ4n) is 2.15. The van der Waals surface area contributed by atoms with Crippen LogP contribution in [-0.2, 0) is 16.0 Å². The summed E-state index contributed by atoms with van der Waals surface area (Å²) in [7, 11) is 0. The van der Waals surface area contributed by atoms with Gasteiger partial charge in [-0.2, -0.15) is 0 Å². The monoisotopic (exact) mass is 329 g/mol. The van der Waals surface area contributed by atoms with E-state index in [4.69, 9.17) is 4.74 Å². The Morgan fingerprint density at radius 2 is 2.37 bits per heavy atom. The van der Waals surface area contributed by atoms with Gasteiger partial charge in [-0.1, -0.05) is 13.0 Å². The van der Waals surface area contributed by atoms with Crippen molar-refractivity contribution in [3.05, 3.63) is 34.1 Å². The molecule has 0 radical (unpaired) electrons. The first-order valence-corrected chi connectivity index (χ1v) is 7.20. The van der Waals surface area contributed by atoms with Crippen molar-refractivity contribution in [3.8, 4) is 0 Å². The van der Waals surface area contributed by atoms with E-state index in [-0.39, 0.29) is 24.1 Å². The lowest BCUT2D eigenvalue weighted by Crippen LogP contribution is -2.46. The quantitative estimate of drug-likeness (QED) is 0.849. The van der Waals surface area contributed by atoms with E-state index < -0.39 is 0 Å². The first-order chi connectivity index (χ1) is 9.10. The van der Waals surface area contributed by atoms with Crippen molar-refractivity contribution in [2.45, 2.75) is 19.4 Å². The predicted octanol–water partition coefficient (Wildman–Crippen LogP) is 2.42. The number of nitrogens with zero attached hydrogens (tertiary/aromatic N) is 1. The summed E-state index contributed by atoms with van der Waals surface area (Å²) in [6, 6.07) is 4.65. The van der Waals surface area contributed by atoms with E-state index in [0.717, 1.165) is 18.7 Å². The van der Waals surface area contributed by atoms with E-state index in [1.807, 2.05) is 0 Å². The number of morpholine rings is 1. The lowest BCUT2D eigenvalue weighted by molar-refractivity contribution is -0.135. The molecule has 1 aliphatic rings. The van der Waals surface area contributed by atoms with Gasteiger partial charge in [0.25, 0.3) is 0 Å². The highest BCUT2D eigenvalue weighted by Crippen LogP contribution is 2.18. The van der Waals surface area contributed by atoms with E-state index in [2.05, 4.69) is 27.8 Å². The number of ketones is 1. The van der Waals surface area contributed by atoms with Gasteiger partial charge in [0.05, 0.1) is 11.1 Å². The Morgan fingerprint density at radius 1 is 1.58 bits per heavy atom. The van der Waals surface area contributed by atoms with E-state index in [9.17, 15) is 9.18 Å². The highest BCUT2D eigenvalue weighted by Gasteiger charge is 2.25. The molecule has 3 nitrogen and oxygen atoms in total. The molecule has 0 amide bonds. The maximum absolute atomic E-state index is 13.1. The molecule has 19 heavy (non-hydrogen) atoms. The molecule has 1 atom stereocenters. The summed E-state index contributed by atoms with van der Waals surface area (Å²) in [5.41, 5.74) is 0.801. The molecule has 1 heterocycles. The van der Waals surface area contributed by atoms with Crippen LogP contribution in [0.3, 0.4) is 0 Å². The molecule has 0 saturated carbocycles. The number of benzene rings is 1. The zero-order valence-corrected chi connectivity index (χ0v) is 12.5. The summed E-state index contributed by atoms with van der Waals surface area (Å²) >= 11 is 3.13. The van der Waals surface area contributed by atoms with Crippen LogP contribution >= 0.6 is 15.9 Å². The van der Waals surface area contributed by atoms with Crippen LogP contribution in [0.4, 0.5) is 4.39 Å². The van der Waals surface area contributed by atoms with Gasteiger partial charge in [0, 0.05) is 19.5 Å². The Labute approximate surface area is 120 Å². The molecule has 1 aromatic carbocycles. The smallest absolute Gasteiger partial charge is 0.167 e. The fraction of sp³-hybridized carbons (Fsp3) is 0.500. The molecule has 1 saturated heterocycles. The summed E-state index contributed by atoms with van der Waals surface area (Å²) in [5.74, 6) is -0.265. The molecule has 1 fully saturated rings. The highest BCUT2D eigenvalue weighted by atomic mass is 79.9. The number of hydrogen-bond donors (Lipinski definition) is 0. The fourth-order valence-corrected chi connectivity index (χ4v) is 2.58. The summed E-state index contributed by atoms with van der Waals surface area (Å²) in [4.78, 5) is 14.4. The van der Waals surface area contributed by atoms with Gasteiger partial charge in [0.1, 0.15) is 11.9 Å². The SMILES string of the molecule is CCN1CCOC(C(=O)Cc2ccc(F)c(Br)c2)C1. The Hall–Kier alpha value is -0.780. The van der Waals surface area contributed by atoms with E-state index in [1.165, 1.54) is 6.07 Å². The topological polar surface area (TPSA) is 29.5 Å². The third-order valence-corrected chi connectivity index (χ3v) is 3.93. The molecular formula is C14H17BrFNO2. The molecule has 5 heteroatoms. The van der Waals surface area contributed by atoms with Crippen molar-refractivity contribution in [1.82, 2.24) is 4.90 Å². The summed E-state index contributed by atoms with van der Waals surface area (Å²) in [6.07, 6.45) is -0.0845. The molecule has 0 N–H and O–H groups in total. The minimum Gasteiger partial charge on any atom is -0.368 e. The van der Waals surface area contributed by atoms with Crippen LogP contribution in [0.1, 0.15) is 12.5 Å². The van der Waals surface area contributed by atoms with Gasteiger partial charge in [-0.05, 0) is 40.2 Å². The molecule has 1 aromatic rings. The average molecular weight is 330 g/mol. The van der Waals surface area contributed by atoms with Gasteiger partial charge in [0.2, 0.25) is 0 Å². The maximum Gasteiger partial charge on any atom is 0.167 e. The Kier molecular flexibility index (Phi) is 5.07. The molecule has 1 unspecified atom stereocenters. The molecule has 1 aliphatic heterocycles. The van der Waals surface area contributed by atoms with Gasteiger partial charge in [-0.15, -0.1) is 0 Å². The zero-order valence-electron chi connectivity index (χ0n) is 10.9. The molecule has 0 spiro atoms. The summed E-state index contributed by atoms with van der Waals surface area (Å²) < 4.78 is 19.0. The number of carbonyl (C=O) groups excluding carboxylic acids is 1. The number of carbonyl (C=O) groups is 1. The van der Waals surface area contributed by atoms with Gasteiger partial charge >= 0.3 is 0 Å². The Morgan fingerprint density at radius 3 is 3.05 bits per heavy atom. The number of Topliss-reactive ketones (excluding diaryl/α,β-unsaturated/α-hetero) is 1. The van der Waals surface area contributed by atoms with Gasteiger partial charge in [-0.25, -0.2) is 4.39 Å². The van der Waals surface area contributed by atoms with E-state index in [1.54, 1.807) is 12.1 Å². The standard InChI is InChI=1S/C14H17BrFNO2/c1-2-17-5-6-19-14(9-17)13(18)8-10-3-4-12(16)11(15)7-10/h3-4,7,14H,2,5-6,8-9H2,1H3. The van der Waals surface area contributed by atoms with Crippen molar-refractivity contribution >= 4 is 21.7 Å². The number of halogens is 2. The average Bonchev–Trinajstić information content (AvgIpc) is 2.43. The molecule has 2 rings (SSSR count). The van der Waals surface area contributed by atoms with Crippen molar-refractivity contribution in [2.24, 2.45) is 0 Å². The van der Waals surface area contributed by atoms with Crippen molar-refractivity contribution in [1.29, 1.82) is 0 Å². The molecular weight excluding hydrogens is 313 g/mol. The lowest BCUT2D eigenvalue weighted by Gasteiger charge is -2.31. The minimum atomic E-state index is -0.363. The third-order valence-electron chi connectivity index (χ3n) is 3.32. The number of rotatable bonds is 4. The minimum absolute atomic E-state index is 0.0525. The lowest BCUT2D eigenvalue weighted by atomic mass is 10.0. The number of likely N-dealkylation sites (N-methyl/N-ethyl adjacent to an activating group) is 1. The Balaban J connectivity index is 1.98. The molecule has 104 valence electrons.